The summed E-state index contributed by atoms with van der Waals surface area (Å²) >= 11 is 0. The fourth-order valence-corrected chi connectivity index (χ4v) is 7.55. The van der Waals surface area contributed by atoms with Crippen LogP contribution < -0.4 is 15.1 Å². The van der Waals surface area contributed by atoms with Crippen molar-refractivity contribution in [1.29, 1.82) is 0 Å². The number of amides is 1. The van der Waals surface area contributed by atoms with Gasteiger partial charge in [-0.3, -0.25) is 4.79 Å². The van der Waals surface area contributed by atoms with Crippen molar-refractivity contribution in [1.82, 2.24) is 10.3 Å². The molecule has 1 aromatic heterocycles. The molecule has 2 aromatic rings. The Morgan fingerprint density at radius 1 is 0.944 bits per heavy atom. The molecular formula is C29H36N4O3. The highest BCUT2D eigenvalue weighted by atomic mass is 16.5. The fourth-order valence-electron chi connectivity index (χ4n) is 7.55. The molecule has 7 heteroatoms. The largest absolute Gasteiger partial charge is 0.465 e. The van der Waals surface area contributed by atoms with Crippen molar-refractivity contribution in [2.45, 2.75) is 51.1 Å². The van der Waals surface area contributed by atoms with Crippen molar-refractivity contribution in [3.8, 4) is 0 Å². The number of rotatable bonds is 5. The number of carbonyl (C=O) groups is 2. The number of nitrogens with zero attached hydrogens (tertiary/aromatic N) is 3. The number of aromatic nitrogens is 1. The van der Waals surface area contributed by atoms with E-state index >= 15 is 0 Å². The van der Waals surface area contributed by atoms with Crippen LogP contribution in [0.3, 0.4) is 0 Å². The van der Waals surface area contributed by atoms with Gasteiger partial charge in [0, 0.05) is 37.4 Å². The molecule has 4 saturated carbocycles. The molecule has 0 spiro atoms. The maximum Gasteiger partial charge on any atom is 0.337 e. The van der Waals surface area contributed by atoms with E-state index in [-0.39, 0.29) is 17.9 Å². The Morgan fingerprint density at radius 3 is 2.28 bits per heavy atom. The van der Waals surface area contributed by atoms with Crippen molar-refractivity contribution >= 4 is 23.4 Å². The SMILES string of the molecule is COC(=O)c1ccc(N2CCN(c3cccc(C(=O)NC4C5CC6CC(C5)CC4C6)n3)[C@H](C)C2)cc1. The van der Waals surface area contributed by atoms with E-state index < -0.39 is 0 Å². The third kappa shape index (κ3) is 4.33. The minimum atomic E-state index is -0.321. The molecule has 1 atom stereocenters. The van der Waals surface area contributed by atoms with E-state index in [9.17, 15) is 9.59 Å². The summed E-state index contributed by atoms with van der Waals surface area (Å²) < 4.78 is 4.80. The minimum Gasteiger partial charge on any atom is -0.465 e. The number of carbonyl (C=O) groups excluding carboxylic acids is 2. The summed E-state index contributed by atoms with van der Waals surface area (Å²) in [6.07, 6.45) is 6.58. The van der Waals surface area contributed by atoms with Gasteiger partial charge >= 0.3 is 5.97 Å². The van der Waals surface area contributed by atoms with Gasteiger partial charge < -0.3 is 19.9 Å². The summed E-state index contributed by atoms with van der Waals surface area (Å²) in [5, 5.41) is 3.40. The van der Waals surface area contributed by atoms with E-state index in [0.717, 1.165) is 43.0 Å². The van der Waals surface area contributed by atoms with Gasteiger partial charge in [0.25, 0.3) is 5.91 Å². The lowest BCUT2D eigenvalue weighted by atomic mass is 9.54. The van der Waals surface area contributed by atoms with Crippen LogP contribution in [0.5, 0.6) is 0 Å². The van der Waals surface area contributed by atoms with Crippen LogP contribution in [-0.2, 0) is 4.74 Å². The molecule has 1 N–H and O–H groups in total. The Hall–Kier alpha value is -3.09. The molecule has 5 aliphatic rings. The van der Waals surface area contributed by atoms with Gasteiger partial charge in [-0.05, 0) is 99.1 Å². The Kier molecular flexibility index (Phi) is 6.10. The summed E-state index contributed by atoms with van der Waals surface area (Å²) in [4.78, 5) is 34.4. The van der Waals surface area contributed by atoms with Gasteiger partial charge in [0.15, 0.2) is 0 Å². The van der Waals surface area contributed by atoms with Crippen molar-refractivity contribution in [2.24, 2.45) is 23.7 Å². The van der Waals surface area contributed by atoms with E-state index in [1.165, 1.54) is 39.2 Å². The van der Waals surface area contributed by atoms with Crippen LogP contribution in [0.2, 0.25) is 0 Å². The van der Waals surface area contributed by atoms with Crippen molar-refractivity contribution in [2.75, 3.05) is 36.5 Å². The van der Waals surface area contributed by atoms with E-state index in [4.69, 9.17) is 9.72 Å². The average molecular weight is 489 g/mol. The van der Waals surface area contributed by atoms with Crippen LogP contribution in [0.1, 0.15) is 59.9 Å². The van der Waals surface area contributed by atoms with E-state index in [1.54, 1.807) is 0 Å². The molecule has 1 aliphatic heterocycles. The Morgan fingerprint density at radius 2 is 1.64 bits per heavy atom. The summed E-state index contributed by atoms with van der Waals surface area (Å²) in [5.41, 5.74) is 2.17. The lowest BCUT2D eigenvalue weighted by Crippen LogP contribution is -2.56. The summed E-state index contributed by atoms with van der Waals surface area (Å²) in [5.74, 6) is 3.62. The molecule has 5 fully saturated rings. The number of benzene rings is 1. The van der Waals surface area contributed by atoms with E-state index in [0.29, 0.717) is 29.1 Å². The molecule has 4 bridgehead atoms. The standard InChI is InChI=1S/C29H36N4O3/c1-18-17-32(24-8-6-21(7-9-24)29(35)36-2)10-11-33(18)26-5-3-4-25(30-26)28(34)31-27-22-13-19-12-20(15-22)16-23(27)14-19/h3-9,18-20,22-23,27H,10-17H2,1-2H3,(H,31,34)/t18-,19?,20?,22?,23?,27?/m1/s1. The lowest BCUT2D eigenvalue weighted by Gasteiger charge is -2.54. The number of esters is 1. The predicted octanol–water partition coefficient (Wildman–Crippen LogP) is 4.14. The van der Waals surface area contributed by atoms with Crippen molar-refractivity contribution in [3.05, 3.63) is 53.7 Å². The molecule has 190 valence electrons. The van der Waals surface area contributed by atoms with E-state index in [2.05, 4.69) is 22.0 Å². The van der Waals surface area contributed by atoms with Crippen LogP contribution in [0.15, 0.2) is 42.5 Å². The number of hydrogen-bond donors (Lipinski definition) is 1. The summed E-state index contributed by atoms with van der Waals surface area (Å²) in [6, 6.07) is 13.9. The third-order valence-corrected chi connectivity index (χ3v) is 9.07. The second kappa shape index (κ2) is 9.41. The maximum absolute atomic E-state index is 13.3. The molecule has 4 aliphatic carbocycles. The third-order valence-electron chi connectivity index (χ3n) is 9.07. The fraction of sp³-hybridized carbons (Fsp3) is 0.552. The number of pyridine rings is 1. The highest BCUT2D eigenvalue weighted by molar-refractivity contribution is 5.93. The number of methoxy groups -OCH3 is 1. The van der Waals surface area contributed by atoms with Gasteiger partial charge in [-0.15, -0.1) is 0 Å². The number of nitrogens with one attached hydrogen (secondary N) is 1. The second-order valence-electron chi connectivity index (χ2n) is 11.3. The van der Waals surface area contributed by atoms with Gasteiger partial charge in [-0.1, -0.05) is 6.07 Å². The first-order valence-electron chi connectivity index (χ1n) is 13.5. The zero-order chi connectivity index (χ0) is 24.8. The van der Waals surface area contributed by atoms with Crippen LogP contribution >= 0.6 is 0 Å². The summed E-state index contributed by atoms with van der Waals surface area (Å²) in [6.45, 7) is 4.68. The van der Waals surface area contributed by atoms with Crippen LogP contribution in [-0.4, -0.2) is 55.7 Å². The molecule has 36 heavy (non-hydrogen) atoms. The van der Waals surface area contributed by atoms with Crippen LogP contribution in [0.4, 0.5) is 11.5 Å². The van der Waals surface area contributed by atoms with Crippen LogP contribution in [0.25, 0.3) is 0 Å². The quantitative estimate of drug-likeness (QED) is 0.638. The smallest absolute Gasteiger partial charge is 0.337 e. The molecule has 0 unspecified atom stereocenters. The zero-order valence-electron chi connectivity index (χ0n) is 21.2. The monoisotopic (exact) mass is 488 g/mol. The topological polar surface area (TPSA) is 74.8 Å². The molecule has 1 amide bonds. The average Bonchev–Trinajstić information content (AvgIpc) is 2.90. The number of anilines is 2. The number of piperazine rings is 1. The molecule has 1 aromatic carbocycles. The number of hydrogen-bond acceptors (Lipinski definition) is 6. The van der Waals surface area contributed by atoms with Crippen molar-refractivity contribution in [3.63, 3.8) is 0 Å². The lowest BCUT2D eigenvalue weighted by molar-refractivity contribution is -0.0120. The molecule has 2 heterocycles. The first kappa shape index (κ1) is 23.3. The molecule has 7 nitrogen and oxygen atoms in total. The highest BCUT2D eigenvalue weighted by Crippen LogP contribution is 2.53. The van der Waals surface area contributed by atoms with Gasteiger partial charge in [-0.2, -0.15) is 0 Å². The molecule has 1 saturated heterocycles. The zero-order valence-corrected chi connectivity index (χ0v) is 21.2. The first-order chi connectivity index (χ1) is 17.5. The van der Waals surface area contributed by atoms with E-state index in [1.807, 2.05) is 42.5 Å². The van der Waals surface area contributed by atoms with Crippen molar-refractivity contribution < 1.29 is 14.3 Å². The summed E-state index contributed by atoms with van der Waals surface area (Å²) in [7, 11) is 1.40. The Balaban J connectivity index is 1.10. The molecular weight excluding hydrogens is 452 g/mol. The van der Waals surface area contributed by atoms with Gasteiger partial charge in [0.1, 0.15) is 11.5 Å². The maximum atomic E-state index is 13.3. The minimum absolute atomic E-state index is 0.0219. The molecule has 7 rings (SSSR count). The Labute approximate surface area is 213 Å². The first-order valence-corrected chi connectivity index (χ1v) is 13.5. The van der Waals surface area contributed by atoms with Gasteiger partial charge in [0.2, 0.25) is 0 Å². The second-order valence-corrected chi connectivity index (χ2v) is 11.3. The van der Waals surface area contributed by atoms with Crippen LogP contribution in [0, 0.1) is 23.7 Å². The predicted molar refractivity (Wildman–Crippen MR) is 139 cm³/mol. The normalized spacial score (nSPS) is 30.8. The van der Waals surface area contributed by atoms with Gasteiger partial charge in [-0.25, -0.2) is 9.78 Å². The number of ether oxygens (including phenoxy) is 1. The molecule has 0 radical (unpaired) electrons. The van der Waals surface area contributed by atoms with Gasteiger partial charge in [0.05, 0.1) is 12.7 Å². The highest BCUT2D eigenvalue weighted by Gasteiger charge is 2.48. The Bertz CT molecular complexity index is 1110.